The number of carbonyl (C=O) groups excluding carboxylic acids is 2. The summed E-state index contributed by atoms with van der Waals surface area (Å²) in [6.45, 7) is 1.87. The van der Waals surface area contributed by atoms with Gasteiger partial charge in [-0.2, -0.15) is 36.5 Å². The molecule has 2 aliphatic heterocycles. The molecule has 1 atom stereocenters. The molecule has 1 saturated heterocycles. The zero-order chi connectivity index (χ0) is 31.1. The van der Waals surface area contributed by atoms with E-state index < -0.39 is 30.2 Å². The number of halogens is 6. The van der Waals surface area contributed by atoms with Gasteiger partial charge in [-0.05, 0) is 37.5 Å². The summed E-state index contributed by atoms with van der Waals surface area (Å²) in [5.74, 6) is -1.08. The molecule has 2 aliphatic rings. The van der Waals surface area contributed by atoms with Crippen molar-refractivity contribution in [2.75, 3.05) is 25.5 Å². The van der Waals surface area contributed by atoms with E-state index >= 15 is 0 Å². The van der Waals surface area contributed by atoms with E-state index in [9.17, 15) is 35.9 Å². The van der Waals surface area contributed by atoms with Gasteiger partial charge in [-0.25, -0.2) is 4.98 Å². The number of hydrogen-bond donors (Lipinski definition) is 3. The van der Waals surface area contributed by atoms with Gasteiger partial charge in [-0.1, -0.05) is 12.1 Å². The van der Waals surface area contributed by atoms with Crippen LogP contribution in [0.5, 0.6) is 0 Å². The fourth-order valence-corrected chi connectivity index (χ4v) is 4.50. The predicted molar refractivity (Wildman–Crippen MR) is 144 cm³/mol. The van der Waals surface area contributed by atoms with Crippen molar-refractivity contribution in [1.29, 1.82) is 0 Å². The number of pyridine rings is 1. The lowest BCUT2D eigenvalue weighted by Crippen LogP contribution is -2.48. The molecule has 3 aromatic rings. The Labute approximate surface area is 237 Å². The first-order valence-corrected chi connectivity index (χ1v) is 12.8. The van der Waals surface area contributed by atoms with Crippen molar-refractivity contribution < 1.29 is 35.9 Å². The van der Waals surface area contributed by atoms with Gasteiger partial charge in [0.25, 0.3) is 5.91 Å². The maximum Gasteiger partial charge on any atom is 0.408 e. The van der Waals surface area contributed by atoms with E-state index in [1.54, 1.807) is 43.9 Å². The molecule has 0 aliphatic carbocycles. The van der Waals surface area contributed by atoms with E-state index in [0.717, 1.165) is 10.3 Å². The second kappa shape index (κ2) is 13.5. The van der Waals surface area contributed by atoms with Gasteiger partial charge in [0.1, 0.15) is 12.6 Å². The molecule has 0 bridgehead atoms. The highest BCUT2D eigenvalue weighted by atomic mass is 19.4. The Morgan fingerprint density at radius 1 is 1.21 bits per heavy atom. The van der Waals surface area contributed by atoms with Gasteiger partial charge in [0, 0.05) is 38.7 Å². The summed E-state index contributed by atoms with van der Waals surface area (Å²) in [4.78, 5) is 32.1. The van der Waals surface area contributed by atoms with Crippen molar-refractivity contribution in [3.8, 4) is 0 Å². The molecule has 1 aromatic carbocycles. The highest BCUT2D eigenvalue weighted by molar-refractivity contribution is 6.05. The number of hydrogen-bond acceptors (Lipinski definition) is 7. The SMILES string of the molecule is C/C=N\NC.CC(F)(F)F.O=C1c2c(cccc2Nc2cnc3[nH]ncc3c2)CN1CC(=O)N1CCCC1C(F)(F)F. The summed E-state index contributed by atoms with van der Waals surface area (Å²) in [7, 11) is 1.76. The maximum absolute atomic E-state index is 13.2. The molecule has 1 fully saturated rings. The standard InChI is InChI=1S/C21H19F3N6O2.C3H8N2.C2H3F3/c22-21(23,24)16-5-2-6-30(16)17(31)11-29-10-12-3-1-4-15(18(12)20(29)32)27-14-7-13-8-26-28-19(13)25-9-14;1-3-5-4-2;1-2(3,4)5/h1,3-4,7-9,16,27H,2,5-6,10-11H2,(H,25,26,28);3-4H,1-2H3;1H3/b;5-3-;. The van der Waals surface area contributed by atoms with Gasteiger partial charge in [-0.15, -0.1) is 0 Å². The van der Waals surface area contributed by atoms with Gasteiger partial charge < -0.3 is 20.5 Å². The van der Waals surface area contributed by atoms with Crippen LogP contribution in [0, 0.1) is 0 Å². The lowest BCUT2D eigenvalue weighted by atomic mass is 10.1. The van der Waals surface area contributed by atoms with Crippen LogP contribution in [-0.2, 0) is 11.3 Å². The van der Waals surface area contributed by atoms with Gasteiger partial charge in [-0.3, -0.25) is 14.7 Å². The summed E-state index contributed by atoms with van der Waals surface area (Å²) in [6.07, 6.45) is -3.34. The number of rotatable bonds is 5. The Hall–Kier alpha value is -4.37. The molecule has 3 N–H and O–H groups in total. The maximum atomic E-state index is 13.2. The number of fused-ring (bicyclic) bond motifs is 2. The van der Waals surface area contributed by atoms with E-state index in [2.05, 4.69) is 31.0 Å². The topological polar surface area (TPSA) is 119 Å². The normalized spacial score (nSPS) is 16.6. The second-order valence-electron chi connectivity index (χ2n) is 9.34. The number of likely N-dealkylation sites (tertiary alicyclic amines) is 1. The van der Waals surface area contributed by atoms with Crippen LogP contribution in [0.2, 0.25) is 0 Å². The third-order valence-electron chi connectivity index (χ3n) is 6.12. The van der Waals surface area contributed by atoms with Gasteiger partial charge in [0.05, 0.1) is 29.3 Å². The van der Waals surface area contributed by atoms with Crippen LogP contribution >= 0.6 is 0 Å². The van der Waals surface area contributed by atoms with Gasteiger partial charge in [0.15, 0.2) is 5.65 Å². The lowest BCUT2D eigenvalue weighted by Gasteiger charge is -2.28. The van der Waals surface area contributed by atoms with E-state index in [1.165, 1.54) is 4.90 Å². The predicted octanol–water partition coefficient (Wildman–Crippen LogP) is 4.99. The average Bonchev–Trinajstić information content (AvgIpc) is 3.63. The Morgan fingerprint density at radius 2 is 1.93 bits per heavy atom. The lowest BCUT2D eigenvalue weighted by molar-refractivity contribution is -0.182. The molecule has 4 heterocycles. The van der Waals surface area contributed by atoms with Gasteiger partial charge >= 0.3 is 12.4 Å². The summed E-state index contributed by atoms with van der Waals surface area (Å²) >= 11 is 0. The summed E-state index contributed by atoms with van der Waals surface area (Å²) in [5, 5.41) is 14.3. The Bertz CT molecular complexity index is 1400. The van der Waals surface area contributed by atoms with E-state index in [4.69, 9.17) is 0 Å². The van der Waals surface area contributed by atoms with E-state index in [1.807, 2.05) is 13.0 Å². The number of benzene rings is 1. The van der Waals surface area contributed by atoms with Crippen LogP contribution in [0.3, 0.4) is 0 Å². The quantitative estimate of drug-likeness (QED) is 0.216. The van der Waals surface area contributed by atoms with Crippen LogP contribution in [0.25, 0.3) is 11.0 Å². The summed E-state index contributed by atoms with van der Waals surface area (Å²) in [6, 6.07) is 5.34. The highest BCUT2D eigenvalue weighted by Crippen LogP contribution is 2.34. The molecule has 1 unspecified atom stereocenters. The monoisotopic (exact) mass is 600 g/mol. The van der Waals surface area contributed by atoms with Crippen molar-refractivity contribution in [1.82, 2.24) is 30.4 Å². The Morgan fingerprint density at radius 3 is 2.55 bits per heavy atom. The molecule has 5 rings (SSSR count). The molecule has 228 valence electrons. The number of nitrogens with zero attached hydrogens (tertiary/aromatic N) is 5. The first-order valence-electron chi connectivity index (χ1n) is 12.8. The van der Waals surface area contributed by atoms with Crippen LogP contribution in [0.4, 0.5) is 37.7 Å². The zero-order valence-electron chi connectivity index (χ0n) is 23.0. The molecule has 2 aromatic heterocycles. The van der Waals surface area contributed by atoms with Crippen molar-refractivity contribution in [2.45, 2.75) is 51.6 Å². The Kier molecular flexibility index (Phi) is 10.4. The number of nitrogens with one attached hydrogen (secondary N) is 3. The van der Waals surface area contributed by atoms with Crippen LogP contribution in [0.15, 0.2) is 41.8 Å². The summed E-state index contributed by atoms with van der Waals surface area (Å²) < 4.78 is 70.7. The van der Waals surface area contributed by atoms with Crippen molar-refractivity contribution in [3.05, 3.63) is 47.8 Å². The molecule has 2 amide bonds. The van der Waals surface area contributed by atoms with Crippen LogP contribution in [-0.4, -0.2) is 81.5 Å². The van der Waals surface area contributed by atoms with E-state index in [0.29, 0.717) is 34.6 Å². The molecule has 42 heavy (non-hydrogen) atoms. The van der Waals surface area contributed by atoms with E-state index in [-0.39, 0.29) is 33.0 Å². The molecule has 16 heteroatoms. The molecule has 0 spiro atoms. The number of H-pyrrole nitrogens is 1. The van der Waals surface area contributed by atoms with Crippen molar-refractivity contribution >= 4 is 40.4 Å². The molecule has 0 radical (unpaired) electrons. The number of amides is 2. The second-order valence-corrected chi connectivity index (χ2v) is 9.34. The molecule has 0 saturated carbocycles. The smallest absolute Gasteiger partial charge is 0.354 e. The Balaban J connectivity index is 0.000000420. The zero-order valence-corrected chi connectivity index (χ0v) is 23.0. The minimum atomic E-state index is -4.47. The fourth-order valence-electron chi connectivity index (χ4n) is 4.50. The number of aromatic amines is 1. The first-order chi connectivity index (χ1) is 19.7. The summed E-state index contributed by atoms with van der Waals surface area (Å²) in [5.41, 5.74) is 5.53. The van der Waals surface area contributed by atoms with Crippen molar-refractivity contribution in [3.63, 3.8) is 0 Å². The molecular weight excluding hydrogens is 570 g/mol. The minimum absolute atomic E-state index is 0.0499. The molecule has 10 nitrogen and oxygen atoms in total. The average molecular weight is 601 g/mol. The number of hydrazone groups is 1. The van der Waals surface area contributed by atoms with Crippen LogP contribution in [0.1, 0.15) is 42.6 Å². The fraction of sp³-hybridized carbons (Fsp3) is 0.423. The number of carbonyl (C=O) groups is 2. The number of alkyl halides is 6. The third-order valence-corrected chi connectivity index (χ3v) is 6.12. The number of anilines is 2. The highest BCUT2D eigenvalue weighted by Gasteiger charge is 2.48. The largest absolute Gasteiger partial charge is 0.408 e. The third kappa shape index (κ3) is 8.57. The van der Waals surface area contributed by atoms with Crippen molar-refractivity contribution in [2.24, 2.45) is 5.10 Å². The van der Waals surface area contributed by atoms with Gasteiger partial charge in [0.2, 0.25) is 5.91 Å². The first kappa shape index (κ1) is 32.1. The van der Waals surface area contributed by atoms with Crippen LogP contribution < -0.4 is 10.7 Å². The number of aromatic nitrogens is 3. The molecular formula is C26H30F6N8O2. The minimum Gasteiger partial charge on any atom is -0.354 e.